The summed E-state index contributed by atoms with van der Waals surface area (Å²) in [5.41, 5.74) is 5.27. The molecule has 0 N–H and O–H groups in total. The van der Waals surface area contributed by atoms with Gasteiger partial charge in [0.25, 0.3) is 0 Å². The predicted molar refractivity (Wildman–Crippen MR) is 94.5 cm³/mol. The fraction of sp³-hybridized carbons (Fsp3) is 0.476. The first-order chi connectivity index (χ1) is 11.8. The third-order valence-corrected chi connectivity index (χ3v) is 6.08. The Labute approximate surface area is 142 Å². The molecule has 24 heavy (non-hydrogen) atoms. The summed E-state index contributed by atoms with van der Waals surface area (Å²) in [7, 11) is 0. The van der Waals surface area contributed by atoms with E-state index >= 15 is 0 Å². The molecule has 0 radical (unpaired) electrons. The van der Waals surface area contributed by atoms with Gasteiger partial charge in [-0.05, 0) is 61.4 Å². The second-order valence-electron chi connectivity index (χ2n) is 7.45. The number of hydrogen-bond donors (Lipinski definition) is 0. The van der Waals surface area contributed by atoms with Crippen molar-refractivity contribution < 1.29 is 9.47 Å². The summed E-state index contributed by atoms with van der Waals surface area (Å²) in [5, 5.41) is 1.29. The maximum absolute atomic E-state index is 6.03. The van der Waals surface area contributed by atoms with Gasteiger partial charge in [0.15, 0.2) is 5.79 Å². The summed E-state index contributed by atoms with van der Waals surface area (Å²) >= 11 is 0. The predicted octanol–water partition coefficient (Wildman–Crippen LogP) is 4.49. The van der Waals surface area contributed by atoms with Crippen molar-refractivity contribution in [3.8, 4) is 0 Å². The number of nitrogens with zero attached hydrogens (tertiary/aromatic N) is 1. The van der Waals surface area contributed by atoms with Crippen LogP contribution >= 0.6 is 0 Å². The lowest BCUT2D eigenvalue weighted by atomic mass is 9.67. The molecule has 1 aliphatic heterocycles. The van der Waals surface area contributed by atoms with Gasteiger partial charge in [-0.3, -0.25) is 4.98 Å². The Balaban J connectivity index is 1.56. The number of ether oxygens (including phenoxy) is 2. The number of benzene rings is 1. The van der Waals surface area contributed by atoms with Crippen LogP contribution in [0.25, 0.3) is 16.5 Å². The molecule has 124 valence electrons. The molecule has 2 fully saturated rings. The molecule has 2 aromatic rings. The third-order valence-electron chi connectivity index (χ3n) is 6.08. The lowest BCUT2D eigenvalue weighted by molar-refractivity contribution is -0.216. The highest BCUT2D eigenvalue weighted by Gasteiger charge is 2.49. The maximum atomic E-state index is 6.03. The Hall–Kier alpha value is -1.71. The van der Waals surface area contributed by atoms with E-state index in [0.717, 1.165) is 38.0 Å². The van der Waals surface area contributed by atoms with Crippen molar-refractivity contribution >= 4 is 16.5 Å². The molecule has 1 aromatic carbocycles. The molecule has 2 aliphatic carbocycles. The van der Waals surface area contributed by atoms with Crippen molar-refractivity contribution in [1.29, 1.82) is 0 Å². The highest BCUT2D eigenvalue weighted by molar-refractivity contribution is 5.92. The summed E-state index contributed by atoms with van der Waals surface area (Å²) in [6.07, 6.45) is 8.82. The van der Waals surface area contributed by atoms with Crippen molar-refractivity contribution in [3.63, 3.8) is 0 Å². The van der Waals surface area contributed by atoms with Crippen molar-refractivity contribution in [2.45, 2.75) is 38.4 Å². The van der Waals surface area contributed by atoms with E-state index in [1.807, 2.05) is 6.20 Å². The minimum Gasteiger partial charge on any atom is -0.347 e. The SMILES string of the molecule is Cc1ccc2nccc(C3=CCC4CC3CCC43OCCO3)c2c1. The highest BCUT2D eigenvalue weighted by Crippen LogP contribution is 2.51. The van der Waals surface area contributed by atoms with E-state index in [-0.39, 0.29) is 5.79 Å². The number of rotatable bonds is 1. The van der Waals surface area contributed by atoms with Gasteiger partial charge in [0.05, 0.1) is 18.7 Å². The molecule has 1 spiro atoms. The summed E-state index contributed by atoms with van der Waals surface area (Å²) in [6.45, 7) is 3.67. The molecular weight excluding hydrogens is 298 g/mol. The van der Waals surface area contributed by atoms with Gasteiger partial charge in [0.2, 0.25) is 0 Å². The Morgan fingerprint density at radius 3 is 2.92 bits per heavy atom. The summed E-state index contributed by atoms with van der Waals surface area (Å²) in [5.74, 6) is 0.848. The fourth-order valence-electron chi connectivity index (χ4n) is 4.91. The van der Waals surface area contributed by atoms with Crippen LogP contribution in [0.4, 0.5) is 0 Å². The van der Waals surface area contributed by atoms with Gasteiger partial charge in [0, 0.05) is 23.9 Å². The lowest BCUT2D eigenvalue weighted by Gasteiger charge is -2.45. The van der Waals surface area contributed by atoms with Crippen LogP contribution in [0.15, 0.2) is 36.5 Å². The Morgan fingerprint density at radius 2 is 2.04 bits per heavy atom. The number of fused-ring (bicyclic) bond motifs is 4. The lowest BCUT2D eigenvalue weighted by Crippen LogP contribution is -2.45. The Morgan fingerprint density at radius 1 is 1.17 bits per heavy atom. The molecule has 1 saturated carbocycles. The first-order valence-electron chi connectivity index (χ1n) is 9.09. The average Bonchev–Trinajstić information content (AvgIpc) is 3.08. The fourth-order valence-corrected chi connectivity index (χ4v) is 4.91. The van der Waals surface area contributed by atoms with E-state index in [2.05, 4.69) is 42.2 Å². The highest BCUT2D eigenvalue weighted by atomic mass is 16.7. The zero-order chi connectivity index (χ0) is 16.1. The molecule has 2 unspecified atom stereocenters. The van der Waals surface area contributed by atoms with Gasteiger partial charge in [-0.1, -0.05) is 17.7 Å². The van der Waals surface area contributed by atoms with E-state index in [9.17, 15) is 0 Å². The minimum absolute atomic E-state index is 0.282. The molecule has 5 rings (SSSR count). The number of aryl methyl sites for hydroxylation is 1. The second-order valence-corrected chi connectivity index (χ2v) is 7.45. The van der Waals surface area contributed by atoms with Crippen molar-refractivity contribution in [1.82, 2.24) is 4.98 Å². The van der Waals surface area contributed by atoms with Crippen LogP contribution in [0, 0.1) is 18.8 Å². The van der Waals surface area contributed by atoms with Gasteiger partial charge in [-0.25, -0.2) is 0 Å². The molecule has 3 aliphatic rings. The molecule has 2 heterocycles. The van der Waals surface area contributed by atoms with Gasteiger partial charge in [-0.15, -0.1) is 0 Å². The largest absolute Gasteiger partial charge is 0.347 e. The summed E-state index contributed by atoms with van der Waals surface area (Å²) in [4.78, 5) is 4.55. The smallest absolute Gasteiger partial charge is 0.171 e. The van der Waals surface area contributed by atoms with Crippen molar-refractivity contribution in [2.24, 2.45) is 11.8 Å². The zero-order valence-corrected chi connectivity index (χ0v) is 14.1. The molecule has 2 bridgehead atoms. The molecule has 2 atom stereocenters. The van der Waals surface area contributed by atoms with Crippen LogP contribution in [-0.4, -0.2) is 24.0 Å². The zero-order valence-electron chi connectivity index (χ0n) is 14.1. The maximum Gasteiger partial charge on any atom is 0.171 e. The number of hydrogen-bond acceptors (Lipinski definition) is 3. The van der Waals surface area contributed by atoms with Crippen molar-refractivity contribution in [2.75, 3.05) is 13.2 Å². The average molecular weight is 321 g/mol. The van der Waals surface area contributed by atoms with E-state index < -0.39 is 0 Å². The first kappa shape index (κ1) is 14.6. The van der Waals surface area contributed by atoms with Crippen LogP contribution < -0.4 is 0 Å². The van der Waals surface area contributed by atoms with Gasteiger partial charge >= 0.3 is 0 Å². The van der Waals surface area contributed by atoms with E-state index in [1.54, 1.807) is 0 Å². The molecule has 1 saturated heterocycles. The molecule has 3 nitrogen and oxygen atoms in total. The molecular formula is C21H23NO2. The molecule has 3 heteroatoms. The first-order valence-corrected chi connectivity index (χ1v) is 9.09. The Bertz CT molecular complexity index is 820. The van der Waals surface area contributed by atoms with Gasteiger partial charge in [-0.2, -0.15) is 0 Å². The van der Waals surface area contributed by atoms with Crippen molar-refractivity contribution in [3.05, 3.63) is 47.7 Å². The summed E-state index contributed by atoms with van der Waals surface area (Å²) in [6, 6.07) is 8.75. The number of pyridine rings is 1. The van der Waals surface area contributed by atoms with E-state index in [4.69, 9.17) is 9.47 Å². The van der Waals surface area contributed by atoms with Crippen LogP contribution in [0.2, 0.25) is 0 Å². The van der Waals surface area contributed by atoms with Gasteiger partial charge in [0.1, 0.15) is 0 Å². The van der Waals surface area contributed by atoms with Crippen LogP contribution in [0.3, 0.4) is 0 Å². The van der Waals surface area contributed by atoms with Gasteiger partial charge < -0.3 is 9.47 Å². The molecule has 1 aromatic heterocycles. The topological polar surface area (TPSA) is 31.4 Å². The Kier molecular flexibility index (Phi) is 3.29. The minimum atomic E-state index is -0.282. The van der Waals surface area contributed by atoms with Crippen LogP contribution in [0.5, 0.6) is 0 Å². The third kappa shape index (κ3) is 2.15. The van der Waals surface area contributed by atoms with Crippen LogP contribution in [-0.2, 0) is 9.47 Å². The summed E-state index contributed by atoms with van der Waals surface area (Å²) < 4.78 is 12.1. The van der Waals surface area contributed by atoms with E-state index in [1.165, 1.54) is 28.5 Å². The normalized spacial score (nSPS) is 28.3. The van der Waals surface area contributed by atoms with E-state index in [0.29, 0.717) is 11.8 Å². The monoisotopic (exact) mass is 321 g/mol. The van der Waals surface area contributed by atoms with Crippen LogP contribution in [0.1, 0.15) is 36.8 Å². The number of allylic oxidation sites excluding steroid dienone is 2. The quantitative estimate of drug-likeness (QED) is 0.775. The second kappa shape index (κ2) is 5.40. The molecule has 0 amide bonds. The standard InChI is InChI=1S/C21H23NO2/c1-14-2-5-20-19(12-14)18(7-9-22-20)17-4-3-16-13-15(17)6-8-21(16)23-10-11-24-21/h2,4-5,7,9,12,15-16H,3,6,8,10-11,13H2,1H3. The number of aromatic nitrogens is 1.